The van der Waals surface area contributed by atoms with E-state index < -0.39 is 5.67 Å². The third kappa shape index (κ3) is 1.95. The van der Waals surface area contributed by atoms with Crippen molar-refractivity contribution in [3.05, 3.63) is 0 Å². The zero-order valence-corrected chi connectivity index (χ0v) is 10.2. The lowest BCUT2D eigenvalue weighted by Gasteiger charge is -2.56. The first kappa shape index (κ1) is 12.0. The molecule has 0 amide bonds. The van der Waals surface area contributed by atoms with Crippen molar-refractivity contribution in [2.45, 2.75) is 65.6 Å². The van der Waals surface area contributed by atoms with E-state index in [0.717, 1.165) is 6.42 Å². The van der Waals surface area contributed by atoms with Crippen molar-refractivity contribution in [3.63, 3.8) is 0 Å². The molecule has 1 aliphatic carbocycles. The van der Waals surface area contributed by atoms with Gasteiger partial charge in [-0.2, -0.15) is 0 Å². The minimum atomic E-state index is -1.03. The van der Waals surface area contributed by atoms with E-state index in [-0.39, 0.29) is 16.9 Å². The van der Waals surface area contributed by atoms with Crippen LogP contribution < -0.4 is 5.73 Å². The molecule has 0 aliphatic heterocycles. The Labute approximate surface area is 87.3 Å². The van der Waals surface area contributed by atoms with Crippen molar-refractivity contribution in [1.29, 1.82) is 0 Å². The molecule has 1 fully saturated rings. The van der Waals surface area contributed by atoms with Crippen LogP contribution in [0, 0.1) is 10.8 Å². The van der Waals surface area contributed by atoms with Gasteiger partial charge in [0.15, 0.2) is 0 Å². The summed E-state index contributed by atoms with van der Waals surface area (Å²) in [7, 11) is 0. The number of halogens is 1. The molecule has 0 heterocycles. The molecule has 14 heavy (non-hydrogen) atoms. The Morgan fingerprint density at radius 1 is 1.36 bits per heavy atom. The first-order valence-electron chi connectivity index (χ1n) is 5.53. The fourth-order valence-electron chi connectivity index (χ4n) is 2.07. The summed E-state index contributed by atoms with van der Waals surface area (Å²) in [6.07, 6.45) is 2.12. The van der Waals surface area contributed by atoms with E-state index in [1.54, 1.807) is 0 Å². The van der Waals surface area contributed by atoms with Crippen LogP contribution in [0.5, 0.6) is 0 Å². The van der Waals surface area contributed by atoms with Gasteiger partial charge in [0.1, 0.15) is 5.67 Å². The summed E-state index contributed by atoms with van der Waals surface area (Å²) in [5, 5.41) is 0. The van der Waals surface area contributed by atoms with Crippen molar-refractivity contribution in [3.8, 4) is 0 Å². The zero-order chi connectivity index (χ0) is 11.2. The molecule has 2 heteroatoms. The SMILES string of the molecule is CC(C)(C)CCC1(F)CC(N)C1(C)C. The fourth-order valence-corrected chi connectivity index (χ4v) is 2.07. The highest BCUT2D eigenvalue weighted by Crippen LogP contribution is 2.54. The first-order valence-corrected chi connectivity index (χ1v) is 5.53. The predicted molar refractivity (Wildman–Crippen MR) is 58.9 cm³/mol. The van der Waals surface area contributed by atoms with E-state index in [0.29, 0.717) is 12.8 Å². The predicted octanol–water partition coefficient (Wildman–Crippen LogP) is 3.28. The third-order valence-electron chi connectivity index (χ3n) is 3.90. The molecule has 1 saturated carbocycles. The summed E-state index contributed by atoms with van der Waals surface area (Å²) in [4.78, 5) is 0. The van der Waals surface area contributed by atoms with E-state index in [1.165, 1.54) is 0 Å². The minimum absolute atomic E-state index is 0.0347. The van der Waals surface area contributed by atoms with Gasteiger partial charge in [0, 0.05) is 11.5 Å². The molecule has 0 spiro atoms. The molecule has 0 aromatic rings. The van der Waals surface area contributed by atoms with Gasteiger partial charge in [-0.25, -0.2) is 4.39 Å². The topological polar surface area (TPSA) is 26.0 Å². The van der Waals surface area contributed by atoms with Crippen molar-refractivity contribution in [2.75, 3.05) is 0 Å². The highest BCUT2D eigenvalue weighted by Gasteiger charge is 2.59. The van der Waals surface area contributed by atoms with E-state index in [4.69, 9.17) is 5.73 Å². The third-order valence-corrected chi connectivity index (χ3v) is 3.90. The molecule has 0 aromatic heterocycles. The van der Waals surface area contributed by atoms with E-state index in [9.17, 15) is 4.39 Å². The Balaban J connectivity index is 2.54. The second-order valence-electron chi connectivity index (χ2n) is 6.56. The van der Waals surface area contributed by atoms with Gasteiger partial charge in [-0.15, -0.1) is 0 Å². The largest absolute Gasteiger partial charge is 0.327 e. The van der Waals surface area contributed by atoms with Gasteiger partial charge < -0.3 is 5.73 Å². The van der Waals surface area contributed by atoms with Gasteiger partial charge in [0.25, 0.3) is 0 Å². The normalized spacial score (nSPS) is 36.6. The van der Waals surface area contributed by atoms with Crippen LogP contribution in [-0.4, -0.2) is 11.7 Å². The summed E-state index contributed by atoms with van der Waals surface area (Å²) in [5.41, 5.74) is 4.69. The molecular formula is C12H24FN. The van der Waals surface area contributed by atoms with Crippen LogP contribution in [0.1, 0.15) is 53.9 Å². The Kier molecular flexibility index (Phi) is 2.73. The van der Waals surface area contributed by atoms with Crippen LogP contribution in [0.3, 0.4) is 0 Å². The second kappa shape index (κ2) is 3.19. The molecule has 2 atom stereocenters. The molecule has 2 unspecified atom stereocenters. The molecule has 0 aromatic carbocycles. The summed E-state index contributed by atoms with van der Waals surface area (Å²) in [5.74, 6) is 0. The van der Waals surface area contributed by atoms with Crippen LogP contribution >= 0.6 is 0 Å². The van der Waals surface area contributed by atoms with Crippen LogP contribution in [-0.2, 0) is 0 Å². The second-order valence-corrected chi connectivity index (χ2v) is 6.56. The van der Waals surface area contributed by atoms with Gasteiger partial charge in [0.05, 0.1) is 0 Å². The standard InChI is InChI=1S/C12H24FN/c1-10(2,3)6-7-12(13)8-9(14)11(12,4)5/h9H,6-8,14H2,1-5H3. The van der Waals surface area contributed by atoms with Gasteiger partial charge in [0.2, 0.25) is 0 Å². The van der Waals surface area contributed by atoms with Crippen LogP contribution in [0.4, 0.5) is 4.39 Å². The fraction of sp³-hybridized carbons (Fsp3) is 1.00. The minimum Gasteiger partial charge on any atom is -0.327 e. The highest BCUT2D eigenvalue weighted by atomic mass is 19.1. The van der Waals surface area contributed by atoms with Crippen molar-refractivity contribution in [1.82, 2.24) is 0 Å². The zero-order valence-electron chi connectivity index (χ0n) is 10.2. The average molecular weight is 201 g/mol. The maximum Gasteiger partial charge on any atom is 0.119 e. The number of alkyl halides is 1. The molecule has 2 N–H and O–H groups in total. The highest BCUT2D eigenvalue weighted by molar-refractivity contribution is 5.11. The van der Waals surface area contributed by atoms with Crippen LogP contribution in [0.15, 0.2) is 0 Å². The summed E-state index contributed by atoms with van der Waals surface area (Å²) in [6.45, 7) is 10.4. The van der Waals surface area contributed by atoms with E-state index in [1.807, 2.05) is 13.8 Å². The van der Waals surface area contributed by atoms with Gasteiger partial charge in [-0.05, 0) is 24.7 Å². The van der Waals surface area contributed by atoms with E-state index in [2.05, 4.69) is 20.8 Å². The lowest BCUT2D eigenvalue weighted by Crippen LogP contribution is -2.64. The van der Waals surface area contributed by atoms with Crippen molar-refractivity contribution < 1.29 is 4.39 Å². The molecule has 0 radical (unpaired) electrons. The molecule has 0 bridgehead atoms. The molecule has 1 aliphatic rings. The first-order chi connectivity index (χ1) is 6.08. The smallest absolute Gasteiger partial charge is 0.119 e. The maximum absolute atomic E-state index is 14.4. The monoisotopic (exact) mass is 201 g/mol. The van der Waals surface area contributed by atoms with Crippen molar-refractivity contribution >= 4 is 0 Å². The molecular weight excluding hydrogens is 177 g/mol. The quantitative estimate of drug-likeness (QED) is 0.729. The van der Waals surface area contributed by atoms with Crippen LogP contribution in [0.25, 0.3) is 0 Å². The van der Waals surface area contributed by atoms with Gasteiger partial charge in [-0.1, -0.05) is 34.6 Å². The van der Waals surface area contributed by atoms with Crippen LogP contribution in [0.2, 0.25) is 0 Å². The summed E-state index contributed by atoms with van der Waals surface area (Å²) >= 11 is 0. The Bertz CT molecular complexity index is 217. The number of rotatable bonds is 2. The molecule has 1 rings (SSSR count). The molecule has 84 valence electrons. The average Bonchev–Trinajstić information content (AvgIpc) is 2.00. The number of hydrogen-bond donors (Lipinski definition) is 1. The lowest BCUT2D eigenvalue weighted by molar-refractivity contribution is -0.111. The summed E-state index contributed by atoms with van der Waals surface area (Å²) in [6, 6.07) is 0.0347. The Morgan fingerprint density at radius 3 is 2.14 bits per heavy atom. The Hall–Kier alpha value is -0.110. The van der Waals surface area contributed by atoms with Gasteiger partial charge >= 0.3 is 0 Å². The van der Waals surface area contributed by atoms with Crippen molar-refractivity contribution in [2.24, 2.45) is 16.6 Å². The summed E-state index contributed by atoms with van der Waals surface area (Å²) < 4.78 is 14.4. The maximum atomic E-state index is 14.4. The number of nitrogens with two attached hydrogens (primary N) is 1. The number of hydrogen-bond acceptors (Lipinski definition) is 1. The van der Waals surface area contributed by atoms with Gasteiger partial charge in [-0.3, -0.25) is 0 Å². The Morgan fingerprint density at radius 2 is 1.86 bits per heavy atom. The van der Waals surface area contributed by atoms with E-state index >= 15 is 0 Å². The molecule has 0 saturated heterocycles. The lowest BCUT2D eigenvalue weighted by atomic mass is 9.54. The molecule has 1 nitrogen and oxygen atoms in total.